The molecule has 3 nitrogen and oxygen atoms in total. The highest BCUT2D eigenvalue weighted by Gasteiger charge is 2.28. The van der Waals surface area contributed by atoms with E-state index in [4.69, 9.17) is 0 Å². The molecule has 0 bridgehead atoms. The van der Waals surface area contributed by atoms with Gasteiger partial charge in [-0.05, 0) is 18.3 Å². The zero-order chi connectivity index (χ0) is 10.2. The van der Waals surface area contributed by atoms with Gasteiger partial charge in [-0.15, -0.1) is 0 Å². The molecule has 1 atom stereocenters. The maximum Gasteiger partial charge on any atom is 0.0989 e. The van der Waals surface area contributed by atoms with Crippen molar-refractivity contribution in [3.8, 4) is 0 Å². The highest BCUT2D eigenvalue weighted by Crippen LogP contribution is 2.35. The summed E-state index contributed by atoms with van der Waals surface area (Å²) in [5, 5.41) is 9.96. The monoisotopic (exact) mass is 192 g/mol. The summed E-state index contributed by atoms with van der Waals surface area (Å²) in [7, 11) is 0. The van der Waals surface area contributed by atoms with Crippen molar-refractivity contribution in [2.45, 2.75) is 32.8 Å². The van der Waals surface area contributed by atoms with Crippen LogP contribution in [0, 0.1) is 5.41 Å². The minimum Gasteiger partial charge on any atom is -0.387 e. The third kappa shape index (κ3) is 1.73. The van der Waals surface area contributed by atoms with E-state index in [-0.39, 0.29) is 11.5 Å². The molecule has 0 saturated carbocycles. The first-order valence-electron chi connectivity index (χ1n) is 4.95. The third-order valence-electron chi connectivity index (χ3n) is 2.75. The summed E-state index contributed by atoms with van der Waals surface area (Å²) in [6.45, 7) is 4.36. The molecule has 1 aliphatic rings. The Hall–Kier alpha value is -1.09. The molecular formula is C11H16N2O. The van der Waals surface area contributed by atoms with Gasteiger partial charge in [-0.3, -0.25) is 0 Å². The van der Waals surface area contributed by atoms with E-state index >= 15 is 0 Å². The van der Waals surface area contributed by atoms with Crippen molar-refractivity contribution in [3.63, 3.8) is 0 Å². The minimum atomic E-state index is -0.368. The number of allylic oxidation sites excluding steroid dienone is 1. The Labute approximate surface area is 84.1 Å². The van der Waals surface area contributed by atoms with E-state index in [0.717, 1.165) is 18.5 Å². The second kappa shape index (κ2) is 3.24. The van der Waals surface area contributed by atoms with E-state index in [2.05, 4.69) is 24.9 Å². The molecule has 1 N–H and O–H groups in total. The second-order valence-corrected chi connectivity index (χ2v) is 4.69. The molecule has 1 aromatic heterocycles. The number of imidazole rings is 1. The predicted molar refractivity (Wildman–Crippen MR) is 55.5 cm³/mol. The van der Waals surface area contributed by atoms with Crippen molar-refractivity contribution < 1.29 is 5.11 Å². The highest BCUT2D eigenvalue weighted by atomic mass is 16.3. The Kier molecular flexibility index (Phi) is 2.19. The van der Waals surface area contributed by atoms with Crippen LogP contribution in [0.3, 0.4) is 0 Å². The Morgan fingerprint density at radius 1 is 1.57 bits per heavy atom. The summed E-state index contributed by atoms with van der Waals surface area (Å²) in [6.07, 6.45) is 8.89. The fourth-order valence-corrected chi connectivity index (χ4v) is 1.92. The molecule has 0 spiro atoms. The molecule has 0 radical (unpaired) electrons. The summed E-state index contributed by atoms with van der Waals surface area (Å²) in [5.41, 5.74) is 1.17. The number of hydrogen-bond donors (Lipinski definition) is 1. The molecule has 2 rings (SSSR count). The molecule has 3 heteroatoms. The van der Waals surface area contributed by atoms with Crippen molar-refractivity contribution in [2.24, 2.45) is 5.41 Å². The van der Waals surface area contributed by atoms with E-state index in [9.17, 15) is 5.11 Å². The lowest BCUT2D eigenvalue weighted by atomic mass is 9.78. The van der Waals surface area contributed by atoms with Crippen molar-refractivity contribution in [3.05, 3.63) is 24.8 Å². The summed E-state index contributed by atoms with van der Waals surface area (Å²) in [6, 6.07) is 0. The number of aromatic nitrogens is 2. The first-order chi connectivity index (χ1) is 6.58. The SMILES string of the molecule is CC1(C)CC=C(n2ccnc2)C(O)C1. The molecule has 0 amide bonds. The van der Waals surface area contributed by atoms with Crippen molar-refractivity contribution in [1.82, 2.24) is 9.55 Å². The van der Waals surface area contributed by atoms with Gasteiger partial charge in [0.2, 0.25) is 0 Å². The van der Waals surface area contributed by atoms with Gasteiger partial charge in [-0.1, -0.05) is 19.9 Å². The van der Waals surface area contributed by atoms with Crippen LogP contribution in [0.4, 0.5) is 0 Å². The smallest absolute Gasteiger partial charge is 0.0989 e. The fourth-order valence-electron chi connectivity index (χ4n) is 1.92. The maximum absolute atomic E-state index is 9.96. The quantitative estimate of drug-likeness (QED) is 0.738. The van der Waals surface area contributed by atoms with Gasteiger partial charge in [-0.2, -0.15) is 0 Å². The van der Waals surface area contributed by atoms with E-state index in [1.54, 1.807) is 12.5 Å². The Morgan fingerprint density at radius 3 is 2.93 bits per heavy atom. The highest BCUT2D eigenvalue weighted by molar-refractivity contribution is 5.51. The first-order valence-corrected chi connectivity index (χ1v) is 4.95. The Morgan fingerprint density at radius 2 is 2.36 bits per heavy atom. The molecular weight excluding hydrogens is 176 g/mol. The lowest BCUT2D eigenvalue weighted by Gasteiger charge is -2.32. The van der Waals surface area contributed by atoms with E-state index in [1.807, 2.05) is 10.8 Å². The molecule has 1 unspecified atom stereocenters. The molecule has 0 aromatic carbocycles. The molecule has 0 fully saturated rings. The van der Waals surface area contributed by atoms with Crippen molar-refractivity contribution in [2.75, 3.05) is 0 Å². The van der Waals surface area contributed by atoms with Crippen LogP contribution >= 0.6 is 0 Å². The molecule has 14 heavy (non-hydrogen) atoms. The molecule has 1 heterocycles. The van der Waals surface area contributed by atoms with Crippen LogP contribution in [-0.2, 0) is 0 Å². The van der Waals surface area contributed by atoms with E-state index in [0.29, 0.717) is 0 Å². The maximum atomic E-state index is 9.96. The molecule has 0 aliphatic heterocycles. The fraction of sp³-hybridized carbons (Fsp3) is 0.545. The average molecular weight is 192 g/mol. The summed E-state index contributed by atoms with van der Waals surface area (Å²) in [4.78, 5) is 3.98. The first kappa shape index (κ1) is 9.46. The number of aliphatic hydroxyl groups is 1. The van der Waals surface area contributed by atoms with Crippen LogP contribution < -0.4 is 0 Å². The van der Waals surface area contributed by atoms with Crippen LogP contribution in [0.5, 0.6) is 0 Å². The second-order valence-electron chi connectivity index (χ2n) is 4.69. The number of rotatable bonds is 1. The molecule has 1 aliphatic carbocycles. The van der Waals surface area contributed by atoms with E-state index in [1.165, 1.54) is 0 Å². The lowest BCUT2D eigenvalue weighted by Crippen LogP contribution is -2.27. The van der Waals surface area contributed by atoms with Gasteiger partial charge in [0, 0.05) is 18.1 Å². The molecule has 76 valence electrons. The predicted octanol–water partition coefficient (Wildman–Crippen LogP) is 1.90. The molecule has 0 saturated heterocycles. The van der Waals surface area contributed by atoms with Gasteiger partial charge in [0.25, 0.3) is 0 Å². The summed E-state index contributed by atoms with van der Waals surface area (Å²) in [5.74, 6) is 0. The van der Waals surface area contributed by atoms with Crippen LogP contribution in [0.15, 0.2) is 24.8 Å². The third-order valence-corrected chi connectivity index (χ3v) is 2.75. The van der Waals surface area contributed by atoms with Gasteiger partial charge in [-0.25, -0.2) is 4.98 Å². The van der Waals surface area contributed by atoms with Crippen molar-refractivity contribution >= 4 is 5.70 Å². The normalized spacial score (nSPS) is 25.9. The van der Waals surface area contributed by atoms with Gasteiger partial charge in [0.05, 0.1) is 12.4 Å². The summed E-state index contributed by atoms with van der Waals surface area (Å²) < 4.78 is 1.89. The van der Waals surface area contributed by atoms with Gasteiger partial charge >= 0.3 is 0 Å². The lowest BCUT2D eigenvalue weighted by molar-refractivity contribution is 0.146. The molecule has 1 aromatic rings. The van der Waals surface area contributed by atoms with Crippen LogP contribution in [0.1, 0.15) is 26.7 Å². The van der Waals surface area contributed by atoms with Crippen LogP contribution in [-0.4, -0.2) is 20.8 Å². The number of nitrogens with zero attached hydrogens (tertiary/aromatic N) is 2. The topological polar surface area (TPSA) is 38.0 Å². The summed E-state index contributed by atoms with van der Waals surface area (Å²) >= 11 is 0. The minimum absolute atomic E-state index is 0.212. The Balaban J connectivity index is 2.26. The van der Waals surface area contributed by atoms with E-state index < -0.39 is 0 Å². The zero-order valence-electron chi connectivity index (χ0n) is 8.64. The zero-order valence-corrected chi connectivity index (χ0v) is 8.64. The Bertz CT molecular complexity index is 338. The van der Waals surface area contributed by atoms with Crippen LogP contribution in [0.25, 0.3) is 5.70 Å². The standard InChI is InChI=1S/C11H16N2O/c1-11(2)4-3-9(10(14)7-11)13-6-5-12-8-13/h3,5-6,8,10,14H,4,7H2,1-2H3. The number of hydrogen-bond acceptors (Lipinski definition) is 2. The van der Waals surface area contributed by atoms with Crippen molar-refractivity contribution in [1.29, 1.82) is 0 Å². The van der Waals surface area contributed by atoms with Gasteiger partial charge < -0.3 is 9.67 Å². The average Bonchev–Trinajstić information content (AvgIpc) is 2.54. The van der Waals surface area contributed by atoms with Gasteiger partial charge in [0.1, 0.15) is 0 Å². The van der Waals surface area contributed by atoms with Crippen LogP contribution in [0.2, 0.25) is 0 Å². The van der Waals surface area contributed by atoms with Gasteiger partial charge in [0.15, 0.2) is 0 Å². The number of aliphatic hydroxyl groups excluding tert-OH is 1. The largest absolute Gasteiger partial charge is 0.387 e.